The van der Waals surface area contributed by atoms with Crippen LogP contribution < -0.4 is 26.2 Å². The molecular formula is C67H79BN2O. The molecule has 0 atom stereocenters. The Labute approximate surface area is 426 Å². The molecule has 4 heteroatoms. The van der Waals surface area contributed by atoms with Gasteiger partial charge in [-0.3, -0.25) is 0 Å². The summed E-state index contributed by atoms with van der Waals surface area (Å²) < 4.78 is 7.25. The SMILES string of the molecule is CC(C)(C)c1cc2c3c(c1)N(c1cccc4c1oc1cc(C(C)(C)C)ccc14)c1cc4c(cc1B3c1cc3c(cc1N2c1ccc2c(c1)C(C)(C)CCC2(C)C)C(C)(C)CCC3(C)C)C(C)(C)CC4(C)C. The molecule has 5 aliphatic rings. The Bertz CT molecular complexity index is 3450. The van der Waals surface area contributed by atoms with Crippen LogP contribution in [-0.2, 0) is 43.3 Å². The van der Waals surface area contributed by atoms with Gasteiger partial charge in [0.15, 0.2) is 5.58 Å². The predicted octanol–water partition coefficient (Wildman–Crippen LogP) is 16.9. The first-order chi connectivity index (χ1) is 32.9. The molecule has 6 aromatic carbocycles. The van der Waals surface area contributed by atoms with Gasteiger partial charge in [-0.1, -0.05) is 167 Å². The number of hydrogen-bond acceptors (Lipinski definition) is 3. The van der Waals surface area contributed by atoms with Gasteiger partial charge in [-0.2, -0.15) is 0 Å². The molecule has 2 aliphatic heterocycles. The minimum Gasteiger partial charge on any atom is -0.454 e. The van der Waals surface area contributed by atoms with Crippen LogP contribution in [0.3, 0.4) is 0 Å². The van der Waals surface area contributed by atoms with E-state index in [1.807, 2.05) is 0 Å². The Morgan fingerprint density at radius 1 is 0.423 bits per heavy atom. The normalized spacial score (nSPS) is 20.6. The zero-order chi connectivity index (χ0) is 50.7. The van der Waals surface area contributed by atoms with E-state index in [1.54, 1.807) is 0 Å². The van der Waals surface area contributed by atoms with Gasteiger partial charge in [0.05, 0.1) is 5.69 Å². The van der Waals surface area contributed by atoms with Gasteiger partial charge in [0.1, 0.15) is 5.58 Å². The topological polar surface area (TPSA) is 19.6 Å². The highest BCUT2D eigenvalue weighted by Gasteiger charge is 2.50. The molecule has 0 amide bonds. The summed E-state index contributed by atoms with van der Waals surface area (Å²) in [6.45, 7) is 43.9. The van der Waals surface area contributed by atoms with Crippen LogP contribution in [-0.4, -0.2) is 6.71 Å². The third kappa shape index (κ3) is 6.73. The van der Waals surface area contributed by atoms with Crippen molar-refractivity contribution in [3.63, 3.8) is 0 Å². The summed E-state index contributed by atoms with van der Waals surface area (Å²) in [6, 6.07) is 37.2. The maximum absolute atomic E-state index is 7.25. The van der Waals surface area contributed by atoms with Crippen molar-refractivity contribution in [1.29, 1.82) is 0 Å². The summed E-state index contributed by atoms with van der Waals surface area (Å²) in [7, 11) is 0. The highest BCUT2D eigenvalue weighted by atomic mass is 16.3. The molecule has 0 saturated heterocycles. The Balaban J connectivity index is 1.24. The van der Waals surface area contributed by atoms with E-state index in [0.717, 1.165) is 28.7 Å². The van der Waals surface area contributed by atoms with Crippen molar-refractivity contribution in [2.45, 2.75) is 200 Å². The number of anilines is 6. The molecule has 0 unspecified atom stereocenters. The minimum atomic E-state index is -0.138. The highest BCUT2D eigenvalue weighted by Crippen LogP contribution is 2.56. The van der Waals surface area contributed by atoms with E-state index < -0.39 is 0 Å². The molecule has 0 fully saturated rings. The molecule has 0 N–H and O–H groups in total. The lowest BCUT2D eigenvalue weighted by atomic mass is 9.32. The molecule has 3 heterocycles. The van der Waals surface area contributed by atoms with Crippen molar-refractivity contribution >= 4 is 79.2 Å². The maximum Gasteiger partial charge on any atom is 0.252 e. The predicted molar refractivity (Wildman–Crippen MR) is 306 cm³/mol. The van der Waals surface area contributed by atoms with E-state index in [1.165, 1.54) is 120 Å². The molecule has 366 valence electrons. The first-order valence-corrected chi connectivity index (χ1v) is 27.2. The van der Waals surface area contributed by atoms with Gasteiger partial charge in [-0.25, -0.2) is 0 Å². The van der Waals surface area contributed by atoms with E-state index in [9.17, 15) is 0 Å². The molecule has 0 spiro atoms. The smallest absolute Gasteiger partial charge is 0.252 e. The lowest BCUT2D eigenvalue weighted by Crippen LogP contribution is -2.62. The fourth-order valence-electron chi connectivity index (χ4n) is 14.6. The fourth-order valence-corrected chi connectivity index (χ4v) is 14.6. The number of fused-ring (bicyclic) bond motifs is 10. The van der Waals surface area contributed by atoms with Crippen LogP contribution in [0.4, 0.5) is 34.1 Å². The van der Waals surface area contributed by atoms with Crippen LogP contribution >= 0.6 is 0 Å². The monoisotopic (exact) mass is 939 g/mol. The third-order valence-electron chi connectivity index (χ3n) is 19.1. The number of furan rings is 1. The summed E-state index contributed by atoms with van der Waals surface area (Å²) in [4.78, 5) is 5.39. The second-order valence-corrected chi connectivity index (χ2v) is 29.1. The van der Waals surface area contributed by atoms with Gasteiger partial charge >= 0.3 is 0 Å². The largest absolute Gasteiger partial charge is 0.454 e. The minimum absolute atomic E-state index is 0.000618. The average molecular weight is 939 g/mol. The van der Waals surface area contributed by atoms with Gasteiger partial charge in [0.2, 0.25) is 0 Å². The molecule has 7 aromatic rings. The zero-order valence-corrected chi connectivity index (χ0v) is 46.6. The highest BCUT2D eigenvalue weighted by molar-refractivity contribution is 7.00. The van der Waals surface area contributed by atoms with Crippen molar-refractivity contribution < 1.29 is 4.42 Å². The number of benzene rings is 6. The average Bonchev–Trinajstić information content (AvgIpc) is 3.74. The van der Waals surface area contributed by atoms with E-state index in [2.05, 4.69) is 225 Å². The number of para-hydroxylation sites is 1. The van der Waals surface area contributed by atoms with E-state index >= 15 is 0 Å². The molecule has 0 saturated carbocycles. The van der Waals surface area contributed by atoms with Crippen molar-refractivity contribution in [2.24, 2.45) is 0 Å². The van der Waals surface area contributed by atoms with Gasteiger partial charge in [0.25, 0.3) is 6.71 Å². The number of rotatable bonds is 2. The van der Waals surface area contributed by atoms with Gasteiger partial charge in [0, 0.05) is 39.2 Å². The summed E-state index contributed by atoms with van der Waals surface area (Å²) in [5.74, 6) is 0. The van der Waals surface area contributed by atoms with Crippen LogP contribution in [0.1, 0.15) is 201 Å². The molecule has 1 aromatic heterocycles. The van der Waals surface area contributed by atoms with Crippen molar-refractivity contribution in [1.82, 2.24) is 0 Å². The van der Waals surface area contributed by atoms with Crippen LogP contribution in [0.15, 0.2) is 95.4 Å². The zero-order valence-electron chi connectivity index (χ0n) is 46.6. The van der Waals surface area contributed by atoms with Crippen molar-refractivity contribution in [2.75, 3.05) is 9.80 Å². The van der Waals surface area contributed by atoms with Crippen molar-refractivity contribution in [3.05, 3.63) is 136 Å². The number of nitrogens with zero attached hydrogens (tertiary/aromatic N) is 2. The van der Waals surface area contributed by atoms with Crippen LogP contribution in [0.5, 0.6) is 0 Å². The summed E-state index contributed by atoms with van der Waals surface area (Å²) in [5, 5.41) is 2.33. The molecule has 12 rings (SSSR count). The Hall–Kier alpha value is -5.22. The quantitative estimate of drug-likeness (QED) is 0.161. The van der Waals surface area contributed by atoms with E-state index in [4.69, 9.17) is 4.42 Å². The van der Waals surface area contributed by atoms with Crippen LogP contribution in [0.2, 0.25) is 0 Å². The lowest BCUT2D eigenvalue weighted by Gasteiger charge is -2.48. The first kappa shape index (κ1) is 46.8. The van der Waals surface area contributed by atoms with Crippen molar-refractivity contribution in [3.8, 4) is 0 Å². The number of hydrogen-bond donors (Lipinski definition) is 0. The molecule has 3 nitrogen and oxygen atoms in total. The molecule has 0 bridgehead atoms. The van der Waals surface area contributed by atoms with Gasteiger partial charge < -0.3 is 14.2 Å². The second-order valence-electron chi connectivity index (χ2n) is 29.1. The standard InChI is InChI=1S/C67H79BN2O/c1-60(2,3)39-22-24-42-43-20-19-21-52(59(43)71-57(42)32-39)70-54-37-49-47(66(15,16)38-67(49,17)18)35-51(54)68-50-34-46-48(65(13,14)29-28-64(46,11)12)36-53(50)69(55-30-40(61(4,5)6)31-56(70)58(55)68)41-23-25-44-45(33-41)63(9,10)27-26-62(44,7)8/h19-25,30-37H,26-29,38H2,1-18H3. The second kappa shape index (κ2) is 14.3. The molecule has 71 heavy (non-hydrogen) atoms. The third-order valence-corrected chi connectivity index (χ3v) is 19.1. The van der Waals surface area contributed by atoms with Crippen LogP contribution in [0.25, 0.3) is 21.9 Å². The molecular weight excluding hydrogens is 860 g/mol. The molecule has 0 radical (unpaired) electrons. The van der Waals surface area contributed by atoms with E-state index in [0.29, 0.717) is 0 Å². The van der Waals surface area contributed by atoms with Crippen LogP contribution in [0, 0.1) is 0 Å². The first-order valence-electron chi connectivity index (χ1n) is 27.2. The van der Waals surface area contributed by atoms with Gasteiger partial charge in [-0.05, 0) is 185 Å². The Morgan fingerprint density at radius 2 is 0.915 bits per heavy atom. The molecule has 3 aliphatic carbocycles. The maximum atomic E-state index is 7.25. The Morgan fingerprint density at radius 3 is 1.49 bits per heavy atom. The summed E-state index contributed by atoms with van der Waals surface area (Å²) in [5.41, 5.74) is 25.4. The van der Waals surface area contributed by atoms with Gasteiger partial charge in [-0.15, -0.1) is 0 Å². The summed E-state index contributed by atoms with van der Waals surface area (Å²) in [6.07, 6.45) is 5.83. The Kier molecular flexibility index (Phi) is 9.43. The van der Waals surface area contributed by atoms with E-state index in [-0.39, 0.29) is 50.0 Å². The fraction of sp³-hybridized carbons (Fsp3) is 0.463. The lowest BCUT2D eigenvalue weighted by molar-refractivity contribution is 0.332. The summed E-state index contributed by atoms with van der Waals surface area (Å²) >= 11 is 0.